The Morgan fingerprint density at radius 1 is 1.50 bits per heavy atom. The number of hydrogen-bond donors (Lipinski definition) is 1. The smallest absolute Gasteiger partial charge is 0.115 e. The van der Waals surface area contributed by atoms with Gasteiger partial charge in [-0.3, -0.25) is 0 Å². The number of aromatic nitrogens is 2. The minimum atomic E-state index is 0.361. The van der Waals surface area contributed by atoms with Gasteiger partial charge in [-0.15, -0.1) is 0 Å². The number of thioether (sulfide) groups is 1. The van der Waals surface area contributed by atoms with Gasteiger partial charge >= 0.3 is 0 Å². The summed E-state index contributed by atoms with van der Waals surface area (Å²) in [6.07, 6.45) is 6.61. The van der Waals surface area contributed by atoms with Gasteiger partial charge in [-0.05, 0) is 19.1 Å². The van der Waals surface area contributed by atoms with E-state index in [4.69, 9.17) is 0 Å². The molecular formula is C10H15N3S. The topological polar surface area (TPSA) is 37.8 Å². The van der Waals surface area contributed by atoms with Crippen LogP contribution in [0.25, 0.3) is 0 Å². The van der Waals surface area contributed by atoms with Crippen LogP contribution in [0.15, 0.2) is 18.7 Å². The molecule has 1 aliphatic rings. The molecule has 1 aromatic rings. The number of hydrogen-bond acceptors (Lipinski definition) is 4. The van der Waals surface area contributed by atoms with Crippen LogP contribution >= 0.6 is 11.8 Å². The molecular weight excluding hydrogens is 194 g/mol. The van der Waals surface area contributed by atoms with E-state index in [-0.39, 0.29) is 0 Å². The molecule has 0 amide bonds. The average molecular weight is 209 g/mol. The zero-order valence-electron chi connectivity index (χ0n) is 8.31. The van der Waals surface area contributed by atoms with Crippen LogP contribution in [0.4, 0.5) is 0 Å². The molecule has 1 N–H and O–H groups in total. The number of rotatable bonds is 3. The van der Waals surface area contributed by atoms with Crippen molar-refractivity contribution in [3.05, 3.63) is 24.3 Å². The lowest BCUT2D eigenvalue weighted by atomic mass is 10.1. The van der Waals surface area contributed by atoms with Crippen LogP contribution in [0.5, 0.6) is 0 Å². The number of nitrogens with one attached hydrogen (secondary N) is 1. The van der Waals surface area contributed by atoms with Crippen molar-refractivity contribution < 1.29 is 0 Å². The molecule has 0 saturated carbocycles. The Balaban J connectivity index is 1.92. The van der Waals surface area contributed by atoms with Crippen LogP contribution < -0.4 is 5.32 Å². The van der Waals surface area contributed by atoms with Gasteiger partial charge in [0.25, 0.3) is 0 Å². The lowest BCUT2D eigenvalue weighted by Gasteiger charge is -2.18. The highest BCUT2D eigenvalue weighted by molar-refractivity contribution is 7.99. The van der Waals surface area contributed by atoms with E-state index in [9.17, 15) is 0 Å². The monoisotopic (exact) mass is 209 g/mol. The van der Waals surface area contributed by atoms with Gasteiger partial charge in [-0.1, -0.05) is 0 Å². The van der Waals surface area contributed by atoms with Crippen molar-refractivity contribution in [3.63, 3.8) is 0 Å². The van der Waals surface area contributed by atoms with Gasteiger partial charge in [0.2, 0.25) is 0 Å². The van der Waals surface area contributed by atoms with Crippen LogP contribution in [0.2, 0.25) is 0 Å². The quantitative estimate of drug-likeness (QED) is 0.821. The first-order valence-corrected chi connectivity index (χ1v) is 6.10. The molecule has 2 rings (SSSR count). The molecule has 3 nitrogen and oxygen atoms in total. The summed E-state index contributed by atoms with van der Waals surface area (Å²) in [6, 6.07) is 1.02. The summed E-state index contributed by atoms with van der Waals surface area (Å²) in [7, 11) is 0. The third-order valence-corrected chi connectivity index (χ3v) is 3.66. The highest BCUT2D eigenvalue weighted by atomic mass is 32.2. The first-order valence-electron chi connectivity index (χ1n) is 4.95. The summed E-state index contributed by atoms with van der Waals surface area (Å²) >= 11 is 2.03. The first kappa shape index (κ1) is 9.93. The zero-order valence-corrected chi connectivity index (χ0v) is 9.13. The van der Waals surface area contributed by atoms with Crippen molar-refractivity contribution in [1.82, 2.24) is 15.3 Å². The molecule has 2 unspecified atom stereocenters. The predicted molar refractivity (Wildman–Crippen MR) is 59.3 cm³/mol. The van der Waals surface area contributed by atoms with Gasteiger partial charge in [-0.25, -0.2) is 9.97 Å². The Bertz CT molecular complexity index is 272. The summed E-state index contributed by atoms with van der Waals surface area (Å²) in [5.74, 6) is 2.52. The van der Waals surface area contributed by atoms with Crippen molar-refractivity contribution in [2.75, 3.05) is 11.5 Å². The lowest BCUT2D eigenvalue weighted by molar-refractivity contribution is 0.484. The molecule has 4 heteroatoms. The van der Waals surface area contributed by atoms with E-state index in [1.54, 1.807) is 6.33 Å². The van der Waals surface area contributed by atoms with Crippen LogP contribution in [-0.2, 0) is 0 Å². The molecule has 0 aliphatic carbocycles. The maximum absolute atomic E-state index is 4.02. The second-order valence-electron chi connectivity index (χ2n) is 3.62. The minimum absolute atomic E-state index is 0.361. The van der Waals surface area contributed by atoms with Gasteiger partial charge in [0.1, 0.15) is 6.33 Å². The molecule has 0 spiro atoms. The van der Waals surface area contributed by atoms with Crippen molar-refractivity contribution in [1.29, 1.82) is 0 Å². The Labute approximate surface area is 88.7 Å². The standard InChI is InChI=1S/C10H15N3S/c1-8(9-4-11-7-12-5-9)13-10-2-3-14-6-10/h4-5,7-8,10,13H,2-3,6H2,1H3. The second-order valence-corrected chi connectivity index (χ2v) is 4.77. The molecule has 0 radical (unpaired) electrons. The van der Waals surface area contributed by atoms with E-state index in [0.29, 0.717) is 12.1 Å². The molecule has 1 fully saturated rings. The van der Waals surface area contributed by atoms with Crippen LogP contribution in [0, 0.1) is 0 Å². The highest BCUT2D eigenvalue weighted by Gasteiger charge is 2.17. The Morgan fingerprint density at radius 3 is 2.93 bits per heavy atom. The van der Waals surface area contributed by atoms with Crippen molar-refractivity contribution in [3.8, 4) is 0 Å². The second kappa shape index (κ2) is 4.75. The van der Waals surface area contributed by atoms with E-state index in [0.717, 1.165) is 0 Å². The normalized spacial score (nSPS) is 23.6. The molecule has 1 aliphatic heterocycles. The third-order valence-electron chi connectivity index (χ3n) is 2.50. The summed E-state index contributed by atoms with van der Waals surface area (Å²) in [5, 5.41) is 3.59. The molecule has 14 heavy (non-hydrogen) atoms. The van der Waals surface area contributed by atoms with E-state index in [1.165, 1.54) is 23.5 Å². The van der Waals surface area contributed by atoms with Crippen LogP contribution in [-0.4, -0.2) is 27.5 Å². The maximum Gasteiger partial charge on any atom is 0.115 e. The highest BCUT2D eigenvalue weighted by Crippen LogP contribution is 2.20. The summed E-state index contributed by atoms with van der Waals surface area (Å²) < 4.78 is 0. The van der Waals surface area contributed by atoms with Gasteiger partial charge in [0, 0.05) is 35.8 Å². The molecule has 2 heterocycles. The van der Waals surface area contributed by atoms with Crippen molar-refractivity contribution in [2.45, 2.75) is 25.4 Å². The maximum atomic E-state index is 4.02. The fraction of sp³-hybridized carbons (Fsp3) is 0.600. The average Bonchev–Trinajstić information content (AvgIpc) is 2.72. The largest absolute Gasteiger partial charge is 0.306 e. The van der Waals surface area contributed by atoms with Gasteiger partial charge in [-0.2, -0.15) is 11.8 Å². The van der Waals surface area contributed by atoms with E-state index >= 15 is 0 Å². The van der Waals surface area contributed by atoms with E-state index in [2.05, 4.69) is 22.2 Å². The zero-order chi connectivity index (χ0) is 9.80. The minimum Gasteiger partial charge on any atom is -0.306 e. The Kier molecular flexibility index (Phi) is 3.37. The van der Waals surface area contributed by atoms with Crippen LogP contribution in [0.1, 0.15) is 24.9 Å². The summed E-state index contributed by atoms with van der Waals surface area (Å²) in [6.45, 7) is 2.17. The first-order chi connectivity index (χ1) is 6.86. The van der Waals surface area contributed by atoms with E-state index in [1.807, 2.05) is 24.2 Å². The Morgan fingerprint density at radius 2 is 2.29 bits per heavy atom. The molecule has 1 aromatic heterocycles. The molecule has 0 bridgehead atoms. The fourth-order valence-corrected chi connectivity index (χ4v) is 2.82. The van der Waals surface area contributed by atoms with E-state index < -0.39 is 0 Å². The van der Waals surface area contributed by atoms with Gasteiger partial charge in [0.15, 0.2) is 0 Å². The number of nitrogens with zero attached hydrogens (tertiary/aromatic N) is 2. The fourth-order valence-electron chi connectivity index (χ4n) is 1.65. The SMILES string of the molecule is CC(NC1CCSC1)c1cncnc1. The molecule has 1 saturated heterocycles. The molecule has 2 atom stereocenters. The third kappa shape index (κ3) is 2.45. The predicted octanol–water partition coefficient (Wildman–Crippen LogP) is 1.63. The summed E-state index contributed by atoms with van der Waals surface area (Å²) in [5.41, 5.74) is 1.17. The van der Waals surface area contributed by atoms with Gasteiger partial charge < -0.3 is 5.32 Å². The summed E-state index contributed by atoms with van der Waals surface area (Å²) in [4.78, 5) is 8.05. The lowest BCUT2D eigenvalue weighted by Crippen LogP contribution is -2.31. The molecule has 76 valence electrons. The van der Waals surface area contributed by atoms with Gasteiger partial charge in [0.05, 0.1) is 0 Å². The van der Waals surface area contributed by atoms with Crippen molar-refractivity contribution in [2.24, 2.45) is 0 Å². The Hall–Kier alpha value is -0.610. The molecule has 0 aromatic carbocycles. The van der Waals surface area contributed by atoms with Crippen molar-refractivity contribution >= 4 is 11.8 Å². The van der Waals surface area contributed by atoms with Crippen LogP contribution in [0.3, 0.4) is 0 Å².